The van der Waals surface area contributed by atoms with Crippen molar-refractivity contribution in [1.29, 1.82) is 0 Å². The maximum atomic E-state index is 12.9. The summed E-state index contributed by atoms with van der Waals surface area (Å²) in [4.78, 5) is 35.5. The van der Waals surface area contributed by atoms with E-state index in [1.807, 2.05) is 10.6 Å². The van der Waals surface area contributed by atoms with E-state index in [0.717, 1.165) is 5.56 Å². The van der Waals surface area contributed by atoms with Gasteiger partial charge in [0.05, 0.1) is 10.8 Å². The van der Waals surface area contributed by atoms with E-state index in [1.165, 1.54) is 31.2 Å². The zero-order chi connectivity index (χ0) is 19.6. The first-order valence-electron chi connectivity index (χ1n) is 7.87. The minimum absolute atomic E-state index is 0.216. The minimum atomic E-state index is -2.03. The lowest BCUT2D eigenvalue weighted by Gasteiger charge is -2.29. The summed E-state index contributed by atoms with van der Waals surface area (Å²) in [6.45, 7) is 1.42. The lowest BCUT2D eigenvalue weighted by atomic mass is 10.1. The van der Waals surface area contributed by atoms with Crippen molar-refractivity contribution in [2.24, 2.45) is 0 Å². The van der Waals surface area contributed by atoms with Gasteiger partial charge in [-0.2, -0.15) is 0 Å². The minimum Gasteiger partial charge on any atom is -0.489 e. The molecule has 0 aromatic heterocycles. The number of carbonyl (C=O) groups excluding carboxylic acids is 3. The zero-order valence-electron chi connectivity index (χ0n) is 14.2. The second-order valence-electron chi connectivity index (χ2n) is 5.93. The Balaban J connectivity index is 1.71. The van der Waals surface area contributed by atoms with E-state index >= 15 is 0 Å². The molecule has 0 radical (unpaired) electrons. The molecular weight excluding hydrogens is 375 g/mol. The second-order valence-corrected chi connectivity index (χ2v) is 7.75. The summed E-state index contributed by atoms with van der Waals surface area (Å²) in [6, 6.07) is 10.9. The van der Waals surface area contributed by atoms with Crippen LogP contribution in [-0.4, -0.2) is 26.8 Å². The first-order valence-corrected chi connectivity index (χ1v) is 9.02. The Hall–Kier alpha value is -3.07. The van der Waals surface area contributed by atoms with Crippen molar-refractivity contribution in [1.82, 2.24) is 10.6 Å². The third-order valence-corrected chi connectivity index (χ3v) is 5.86. The Morgan fingerprint density at radius 1 is 0.963 bits per heavy atom. The summed E-state index contributed by atoms with van der Waals surface area (Å²) in [5.41, 5.74) is 0.775. The normalized spacial score (nSPS) is 17.0. The number of halogens is 1. The molecule has 0 bridgehead atoms. The molecule has 2 N–H and O–H groups in total. The second kappa shape index (κ2) is 7.28. The molecule has 1 unspecified atom stereocenters. The maximum Gasteiger partial charge on any atom is 0.328 e. The van der Waals surface area contributed by atoms with Gasteiger partial charge in [0.15, 0.2) is 0 Å². The van der Waals surface area contributed by atoms with E-state index in [9.17, 15) is 23.0 Å². The van der Waals surface area contributed by atoms with Crippen LogP contribution in [0.4, 0.5) is 9.18 Å². The highest BCUT2D eigenvalue weighted by atomic mass is 32.2. The van der Waals surface area contributed by atoms with Gasteiger partial charge in [-0.05, 0) is 48.9 Å². The average Bonchev–Trinajstić information content (AvgIpc) is 2.65. The fraction of sp³-hybridized carbons (Fsp3) is 0.167. The van der Waals surface area contributed by atoms with Crippen molar-refractivity contribution in [2.45, 2.75) is 23.2 Å². The number of carbonyl (C=O) groups is 3. The monoisotopic (exact) mass is 390 g/mol. The fourth-order valence-corrected chi connectivity index (χ4v) is 3.68. The number of hydrogen-bond donors (Lipinski definition) is 2. The van der Waals surface area contributed by atoms with Crippen molar-refractivity contribution in [3.63, 3.8) is 0 Å². The molecule has 0 spiro atoms. The SMILES string of the molecule is CC1(S(=O)c2ccc(OCc3ccc(F)cc3)cc2)C(=O)NC(=O)NC1=O. The summed E-state index contributed by atoms with van der Waals surface area (Å²) >= 11 is 0. The van der Waals surface area contributed by atoms with Gasteiger partial charge in [-0.3, -0.25) is 24.4 Å². The molecule has 2 aromatic carbocycles. The quantitative estimate of drug-likeness (QED) is 0.756. The van der Waals surface area contributed by atoms with Crippen molar-refractivity contribution in [3.05, 3.63) is 59.9 Å². The van der Waals surface area contributed by atoms with Gasteiger partial charge in [-0.25, -0.2) is 9.18 Å². The van der Waals surface area contributed by atoms with Crippen molar-refractivity contribution in [2.75, 3.05) is 0 Å². The van der Waals surface area contributed by atoms with Crippen LogP contribution in [0, 0.1) is 5.82 Å². The van der Waals surface area contributed by atoms with Crippen LogP contribution in [0.15, 0.2) is 53.4 Å². The molecule has 27 heavy (non-hydrogen) atoms. The first-order chi connectivity index (χ1) is 12.8. The van der Waals surface area contributed by atoms with E-state index in [1.54, 1.807) is 24.3 Å². The highest BCUT2D eigenvalue weighted by molar-refractivity contribution is 7.88. The zero-order valence-corrected chi connectivity index (χ0v) is 15.0. The Morgan fingerprint density at radius 2 is 1.52 bits per heavy atom. The van der Waals surface area contributed by atoms with Crippen LogP contribution in [-0.2, 0) is 27.0 Å². The molecule has 0 saturated carbocycles. The molecule has 2 aromatic rings. The van der Waals surface area contributed by atoms with Crippen molar-refractivity contribution in [3.8, 4) is 5.75 Å². The third-order valence-electron chi connectivity index (χ3n) is 4.05. The number of ether oxygens (including phenoxy) is 1. The predicted molar refractivity (Wildman–Crippen MR) is 93.7 cm³/mol. The maximum absolute atomic E-state index is 12.9. The predicted octanol–water partition coefficient (Wildman–Crippen LogP) is 1.64. The van der Waals surface area contributed by atoms with Gasteiger partial charge >= 0.3 is 6.03 Å². The Bertz CT molecular complexity index is 908. The van der Waals surface area contributed by atoms with Crippen molar-refractivity contribution >= 4 is 28.6 Å². The van der Waals surface area contributed by atoms with Crippen LogP contribution in [0.3, 0.4) is 0 Å². The van der Waals surface area contributed by atoms with E-state index in [4.69, 9.17) is 4.74 Å². The standard InChI is InChI=1S/C18H15FN2O5S/c1-18(15(22)20-17(24)21-16(18)23)27(25)14-8-6-13(7-9-14)26-10-11-2-4-12(19)5-3-11/h2-9H,10H2,1H3,(H2,20,21,22,23,24). The van der Waals surface area contributed by atoms with Gasteiger partial charge in [0.1, 0.15) is 18.2 Å². The molecule has 1 aliphatic heterocycles. The summed E-state index contributed by atoms with van der Waals surface area (Å²) < 4.78 is 29.3. The Morgan fingerprint density at radius 3 is 2.07 bits per heavy atom. The number of urea groups is 1. The number of imide groups is 2. The van der Waals surface area contributed by atoms with Crippen LogP contribution in [0.2, 0.25) is 0 Å². The smallest absolute Gasteiger partial charge is 0.328 e. The molecule has 9 heteroatoms. The number of hydrogen-bond acceptors (Lipinski definition) is 5. The third kappa shape index (κ3) is 3.72. The molecule has 1 aliphatic rings. The number of nitrogens with one attached hydrogen (secondary N) is 2. The summed E-state index contributed by atoms with van der Waals surface area (Å²) in [7, 11) is -2.03. The molecule has 1 saturated heterocycles. The van der Waals surface area contributed by atoms with Crippen LogP contribution in [0.25, 0.3) is 0 Å². The van der Waals surface area contributed by atoms with Gasteiger partial charge in [-0.1, -0.05) is 12.1 Å². The number of barbiturate groups is 1. The molecule has 1 atom stereocenters. The summed E-state index contributed by atoms with van der Waals surface area (Å²) in [5, 5.41) is 3.90. The number of amides is 4. The molecule has 4 amide bonds. The summed E-state index contributed by atoms with van der Waals surface area (Å²) in [5.74, 6) is -1.72. The van der Waals surface area contributed by atoms with Gasteiger partial charge in [0, 0.05) is 4.90 Å². The van der Waals surface area contributed by atoms with E-state index in [2.05, 4.69) is 0 Å². The van der Waals surface area contributed by atoms with E-state index in [-0.39, 0.29) is 17.3 Å². The average molecular weight is 390 g/mol. The van der Waals surface area contributed by atoms with E-state index < -0.39 is 33.4 Å². The van der Waals surface area contributed by atoms with Crippen molar-refractivity contribution < 1.29 is 27.7 Å². The lowest BCUT2D eigenvalue weighted by Crippen LogP contribution is -2.66. The topological polar surface area (TPSA) is 102 Å². The molecular formula is C18H15FN2O5S. The summed E-state index contributed by atoms with van der Waals surface area (Å²) in [6.07, 6.45) is 0. The van der Waals surface area contributed by atoms with Crippen LogP contribution < -0.4 is 15.4 Å². The van der Waals surface area contributed by atoms with Gasteiger partial charge in [0.2, 0.25) is 4.75 Å². The van der Waals surface area contributed by atoms with Gasteiger partial charge in [-0.15, -0.1) is 0 Å². The Labute approximate surface area is 156 Å². The first kappa shape index (κ1) is 18.7. The molecule has 140 valence electrons. The van der Waals surface area contributed by atoms with Crippen LogP contribution in [0.1, 0.15) is 12.5 Å². The number of rotatable bonds is 5. The highest BCUT2D eigenvalue weighted by Gasteiger charge is 2.52. The fourth-order valence-electron chi connectivity index (χ4n) is 2.39. The molecule has 0 aliphatic carbocycles. The molecule has 7 nitrogen and oxygen atoms in total. The van der Waals surface area contributed by atoms with Crippen LogP contribution in [0.5, 0.6) is 5.75 Å². The largest absolute Gasteiger partial charge is 0.489 e. The van der Waals surface area contributed by atoms with E-state index in [0.29, 0.717) is 5.75 Å². The van der Waals surface area contributed by atoms with Gasteiger partial charge < -0.3 is 4.74 Å². The number of benzene rings is 2. The molecule has 3 rings (SSSR count). The lowest BCUT2D eigenvalue weighted by molar-refractivity contribution is -0.133. The van der Waals surface area contributed by atoms with Crippen LogP contribution >= 0.6 is 0 Å². The Kier molecular flexibility index (Phi) is 5.04. The van der Waals surface area contributed by atoms with Gasteiger partial charge in [0.25, 0.3) is 11.8 Å². The molecule has 1 fully saturated rings. The molecule has 1 heterocycles. The highest BCUT2D eigenvalue weighted by Crippen LogP contribution is 2.26.